The number of amidine groups is 1. The largest absolute Gasteiger partial charge is 0.382 e. The highest BCUT2D eigenvalue weighted by Gasteiger charge is 2.25. The Bertz CT molecular complexity index is 447. The number of nitrogens with zero attached hydrogens (tertiary/aromatic N) is 3. The van der Waals surface area contributed by atoms with Gasteiger partial charge in [0.1, 0.15) is 11.5 Å². The van der Waals surface area contributed by atoms with E-state index in [-0.39, 0.29) is 17.3 Å². The van der Waals surface area contributed by atoms with Crippen LogP contribution in [0.3, 0.4) is 0 Å². The van der Waals surface area contributed by atoms with Crippen LogP contribution in [0.25, 0.3) is 0 Å². The first-order chi connectivity index (χ1) is 8.12. The lowest BCUT2D eigenvalue weighted by Crippen LogP contribution is -2.40. The van der Waals surface area contributed by atoms with E-state index in [1.807, 2.05) is 18.9 Å². The normalized spacial score (nSPS) is 13.2. The fourth-order valence-electron chi connectivity index (χ4n) is 1.60. The van der Waals surface area contributed by atoms with E-state index in [1.54, 1.807) is 6.07 Å². The van der Waals surface area contributed by atoms with Crippen LogP contribution in [0, 0.1) is 17.7 Å². The molecule has 1 unspecified atom stereocenters. The molecule has 1 aromatic heterocycles. The highest BCUT2D eigenvalue weighted by molar-refractivity contribution is 5.93. The molecule has 1 atom stereocenters. The fourth-order valence-corrected chi connectivity index (χ4v) is 1.60. The standard InChI is InChI=1S/C13H23N5/c1-8-7-10(11(14)15)17-12(16-8)18(6)9(2)13(3,4)5/h7,9H,1-6H3,(H3,14,15). The number of hydrogen-bond acceptors (Lipinski definition) is 4. The molecule has 0 aromatic carbocycles. The monoisotopic (exact) mass is 249 g/mol. The van der Waals surface area contributed by atoms with E-state index < -0.39 is 0 Å². The number of rotatable bonds is 3. The summed E-state index contributed by atoms with van der Waals surface area (Å²) in [6, 6.07) is 2.00. The number of nitrogens with one attached hydrogen (secondary N) is 1. The summed E-state index contributed by atoms with van der Waals surface area (Å²) in [5.41, 5.74) is 6.91. The second kappa shape index (κ2) is 4.92. The van der Waals surface area contributed by atoms with Gasteiger partial charge in [-0.25, -0.2) is 9.97 Å². The number of nitrogens with two attached hydrogens (primary N) is 1. The lowest BCUT2D eigenvalue weighted by molar-refractivity contribution is 0.327. The van der Waals surface area contributed by atoms with E-state index in [0.717, 1.165) is 5.69 Å². The van der Waals surface area contributed by atoms with Crippen LogP contribution in [0.4, 0.5) is 5.95 Å². The van der Waals surface area contributed by atoms with Gasteiger partial charge in [0.05, 0.1) is 0 Å². The van der Waals surface area contributed by atoms with Crippen LogP contribution in [-0.4, -0.2) is 28.9 Å². The lowest BCUT2D eigenvalue weighted by Gasteiger charge is -2.35. The molecule has 0 bridgehead atoms. The summed E-state index contributed by atoms with van der Waals surface area (Å²) >= 11 is 0. The van der Waals surface area contributed by atoms with Crippen molar-refractivity contribution >= 4 is 11.8 Å². The van der Waals surface area contributed by atoms with Gasteiger partial charge < -0.3 is 10.6 Å². The molecule has 5 heteroatoms. The third-order valence-electron chi connectivity index (χ3n) is 3.27. The van der Waals surface area contributed by atoms with Crippen molar-refractivity contribution < 1.29 is 0 Å². The number of anilines is 1. The topological polar surface area (TPSA) is 78.9 Å². The molecular weight excluding hydrogens is 226 g/mol. The summed E-state index contributed by atoms with van der Waals surface area (Å²) in [6.07, 6.45) is 0. The van der Waals surface area contributed by atoms with Gasteiger partial charge in [-0.3, -0.25) is 5.41 Å². The second-order valence-corrected chi connectivity index (χ2v) is 5.76. The van der Waals surface area contributed by atoms with Gasteiger partial charge in [-0.05, 0) is 25.3 Å². The Balaban J connectivity index is 3.13. The third kappa shape index (κ3) is 3.18. The van der Waals surface area contributed by atoms with Gasteiger partial charge in [0.25, 0.3) is 0 Å². The van der Waals surface area contributed by atoms with Crippen molar-refractivity contribution in [2.45, 2.75) is 40.7 Å². The Morgan fingerprint density at radius 2 is 1.94 bits per heavy atom. The summed E-state index contributed by atoms with van der Waals surface area (Å²) in [5, 5.41) is 7.47. The van der Waals surface area contributed by atoms with Gasteiger partial charge >= 0.3 is 0 Å². The lowest BCUT2D eigenvalue weighted by atomic mass is 9.87. The van der Waals surface area contributed by atoms with Crippen LogP contribution >= 0.6 is 0 Å². The first-order valence-corrected chi connectivity index (χ1v) is 6.06. The molecular formula is C13H23N5. The molecule has 1 rings (SSSR count). The summed E-state index contributed by atoms with van der Waals surface area (Å²) in [6.45, 7) is 10.5. The van der Waals surface area contributed by atoms with Gasteiger partial charge in [-0.15, -0.1) is 0 Å². The fraction of sp³-hybridized carbons (Fsp3) is 0.615. The molecule has 0 radical (unpaired) electrons. The van der Waals surface area contributed by atoms with Crippen LogP contribution < -0.4 is 10.6 Å². The zero-order chi connectivity index (χ0) is 14.1. The summed E-state index contributed by atoms with van der Waals surface area (Å²) in [7, 11) is 1.97. The number of aryl methyl sites for hydroxylation is 1. The highest BCUT2D eigenvalue weighted by atomic mass is 15.3. The molecule has 0 aliphatic carbocycles. The van der Waals surface area contributed by atoms with Crippen molar-refractivity contribution in [3.63, 3.8) is 0 Å². The number of hydrogen-bond donors (Lipinski definition) is 2. The minimum Gasteiger partial charge on any atom is -0.382 e. The average molecular weight is 249 g/mol. The zero-order valence-corrected chi connectivity index (χ0v) is 12.1. The van der Waals surface area contributed by atoms with Crippen LogP contribution in [0.2, 0.25) is 0 Å². The Hall–Kier alpha value is -1.65. The minimum absolute atomic E-state index is 0.0291. The minimum atomic E-state index is -0.0291. The predicted octanol–water partition coefficient (Wildman–Crippen LogP) is 1.94. The van der Waals surface area contributed by atoms with Gasteiger partial charge in [0, 0.05) is 18.8 Å². The highest BCUT2D eigenvalue weighted by Crippen LogP contribution is 2.25. The first kappa shape index (κ1) is 14.4. The van der Waals surface area contributed by atoms with E-state index in [2.05, 4.69) is 37.7 Å². The zero-order valence-electron chi connectivity index (χ0n) is 12.1. The molecule has 100 valence electrons. The maximum Gasteiger partial charge on any atom is 0.226 e. The van der Waals surface area contributed by atoms with Crippen LogP contribution in [0.5, 0.6) is 0 Å². The molecule has 0 aliphatic rings. The van der Waals surface area contributed by atoms with Crippen molar-refractivity contribution in [1.29, 1.82) is 5.41 Å². The SMILES string of the molecule is Cc1cc(C(=N)N)nc(N(C)C(C)C(C)(C)C)n1. The van der Waals surface area contributed by atoms with E-state index in [4.69, 9.17) is 11.1 Å². The molecule has 5 nitrogen and oxygen atoms in total. The molecule has 1 aromatic rings. The van der Waals surface area contributed by atoms with E-state index in [9.17, 15) is 0 Å². The molecule has 0 saturated carbocycles. The summed E-state index contributed by atoms with van der Waals surface area (Å²) < 4.78 is 0. The molecule has 1 heterocycles. The molecule has 3 N–H and O–H groups in total. The Labute approximate surface area is 109 Å². The number of nitrogen functional groups attached to an aromatic ring is 1. The molecule has 18 heavy (non-hydrogen) atoms. The van der Waals surface area contributed by atoms with Crippen LogP contribution in [0.1, 0.15) is 39.1 Å². The quantitative estimate of drug-likeness (QED) is 0.634. The van der Waals surface area contributed by atoms with Crippen molar-refractivity contribution in [3.05, 3.63) is 17.5 Å². The predicted molar refractivity (Wildman–Crippen MR) is 75.1 cm³/mol. The Kier molecular flexibility index (Phi) is 3.94. The van der Waals surface area contributed by atoms with Crippen LogP contribution in [0.15, 0.2) is 6.07 Å². The second-order valence-electron chi connectivity index (χ2n) is 5.76. The molecule has 0 amide bonds. The summed E-state index contributed by atoms with van der Waals surface area (Å²) in [4.78, 5) is 10.8. The van der Waals surface area contributed by atoms with E-state index in [1.165, 1.54) is 0 Å². The van der Waals surface area contributed by atoms with E-state index >= 15 is 0 Å². The number of aromatic nitrogens is 2. The third-order valence-corrected chi connectivity index (χ3v) is 3.27. The van der Waals surface area contributed by atoms with Crippen molar-refractivity contribution in [3.8, 4) is 0 Å². The average Bonchev–Trinajstić information content (AvgIpc) is 2.24. The molecule has 0 fully saturated rings. The molecule has 0 saturated heterocycles. The van der Waals surface area contributed by atoms with Gasteiger partial charge in [0.15, 0.2) is 0 Å². The van der Waals surface area contributed by atoms with Crippen molar-refractivity contribution in [1.82, 2.24) is 9.97 Å². The Morgan fingerprint density at radius 3 is 2.39 bits per heavy atom. The molecule has 0 spiro atoms. The smallest absolute Gasteiger partial charge is 0.226 e. The molecule has 0 aliphatic heterocycles. The maximum atomic E-state index is 7.47. The summed E-state index contributed by atoms with van der Waals surface area (Å²) in [5.74, 6) is 0.584. The van der Waals surface area contributed by atoms with Gasteiger partial charge in [-0.2, -0.15) is 0 Å². The van der Waals surface area contributed by atoms with Crippen molar-refractivity contribution in [2.75, 3.05) is 11.9 Å². The van der Waals surface area contributed by atoms with Crippen LogP contribution in [-0.2, 0) is 0 Å². The van der Waals surface area contributed by atoms with E-state index in [0.29, 0.717) is 11.6 Å². The Morgan fingerprint density at radius 1 is 1.39 bits per heavy atom. The van der Waals surface area contributed by atoms with Crippen molar-refractivity contribution in [2.24, 2.45) is 11.1 Å². The first-order valence-electron chi connectivity index (χ1n) is 6.06. The van der Waals surface area contributed by atoms with Gasteiger partial charge in [-0.1, -0.05) is 20.8 Å². The maximum absolute atomic E-state index is 7.47. The van der Waals surface area contributed by atoms with Gasteiger partial charge in [0.2, 0.25) is 5.95 Å².